The van der Waals surface area contributed by atoms with Gasteiger partial charge < -0.3 is 15.4 Å². The Morgan fingerprint density at radius 1 is 1.00 bits per heavy atom. The Kier molecular flexibility index (Phi) is 5.15. The number of likely N-dealkylation sites (tertiary alicyclic amines) is 1. The van der Waals surface area contributed by atoms with E-state index in [0.717, 1.165) is 37.2 Å². The highest BCUT2D eigenvalue weighted by Crippen LogP contribution is 2.25. The van der Waals surface area contributed by atoms with Crippen molar-refractivity contribution in [2.24, 2.45) is 11.8 Å². The van der Waals surface area contributed by atoms with Gasteiger partial charge in [0, 0.05) is 25.4 Å². The largest absolute Gasteiger partial charge is 0.399 e. The fourth-order valence-corrected chi connectivity index (χ4v) is 3.70. The van der Waals surface area contributed by atoms with E-state index < -0.39 is 0 Å². The topological polar surface area (TPSA) is 38.5 Å². The van der Waals surface area contributed by atoms with Crippen LogP contribution in [0.15, 0.2) is 24.3 Å². The Morgan fingerprint density at radius 3 is 2.43 bits per heavy atom. The second kappa shape index (κ2) is 7.28. The van der Waals surface area contributed by atoms with Crippen LogP contribution >= 0.6 is 0 Å². The predicted octanol–water partition coefficient (Wildman–Crippen LogP) is 2.95. The Hall–Kier alpha value is -1.06. The summed E-state index contributed by atoms with van der Waals surface area (Å²) in [6.45, 7) is 5.73. The standard InChI is InChI=1S/C18H28N2O/c19-18-4-2-1-3-17(18)13-15-5-9-20(10-6-15)14-16-7-11-21-12-8-16/h1-4,15-16H,5-14,19H2. The van der Waals surface area contributed by atoms with E-state index in [9.17, 15) is 0 Å². The van der Waals surface area contributed by atoms with Crippen molar-refractivity contribution in [3.8, 4) is 0 Å². The number of hydrogen-bond acceptors (Lipinski definition) is 3. The maximum atomic E-state index is 6.07. The molecule has 0 atom stereocenters. The first kappa shape index (κ1) is 14.9. The second-order valence-corrected chi connectivity index (χ2v) is 6.70. The number of piperidine rings is 1. The van der Waals surface area contributed by atoms with Crippen molar-refractivity contribution in [1.29, 1.82) is 0 Å². The van der Waals surface area contributed by atoms with Crippen molar-refractivity contribution in [3.63, 3.8) is 0 Å². The van der Waals surface area contributed by atoms with Crippen LogP contribution in [0, 0.1) is 11.8 Å². The van der Waals surface area contributed by atoms with Crippen molar-refractivity contribution >= 4 is 5.69 Å². The van der Waals surface area contributed by atoms with Crippen molar-refractivity contribution in [2.45, 2.75) is 32.1 Å². The van der Waals surface area contributed by atoms with Crippen LogP contribution in [0.2, 0.25) is 0 Å². The molecule has 2 saturated heterocycles. The third-order valence-electron chi connectivity index (χ3n) is 5.13. The number of anilines is 1. The first-order chi connectivity index (χ1) is 10.3. The number of ether oxygens (including phenoxy) is 1. The van der Waals surface area contributed by atoms with Gasteiger partial charge in [-0.3, -0.25) is 0 Å². The van der Waals surface area contributed by atoms with E-state index in [4.69, 9.17) is 10.5 Å². The molecule has 0 aromatic heterocycles. The van der Waals surface area contributed by atoms with E-state index in [1.54, 1.807) is 0 Å². The number of nitrogens with zero attached hydrogens (tertiary/aromatic N) is 1. The van der Waals surface area contributed by atoms with E-state index in [0.29, 0.717) is 0 Å². The summed E-state index contributed by atoms with van der Waals surface area (Å²) in [5.74, 6) is 1.67. The summed E-state index contributed by atoms with van der Waals surface area (Å²) in [4.78, 5) is 2.67. The molecule has 0 bridgehead atoms. The van der Waals surface area contributed by atoms with Gasteiger partial charge in [-0.15, -0.1) is 0 Å². The van der Waals surface area contributed by atoms with Crippen molar-refractivity contribution in [3.05, 3.63) is 29.8 Å². The van der Waals surface area contributed by atoms with Crippen molar-refractivity contribution < 1.29 is 4.74 Å². The highest BCUT2D eigenvalue weighted by molar-refractivity contribution is 5.46. The highest BCUT2D eigenvalue weighted by Gasteiger charge is 2.23. The predicted molar refractivity (Wildman–Crippen MR) is 87.3 cm³/mol. The Balaban J connectivity index is 1.43. The molecule has 3 rings (SSSR count). The molecular formula is C18H28N2O. The third kappa shape index (κ3) is 4.21. The van der Waals surface area contributed by atoms with E-state index in [2.05, 4.69) is 17.0 Å². The minimum atomic E-state index is 0.806. The van der Waals surface area contributed by atoms with Crippen LogP contribution in [0.3, 0.4) is 0 Å². The van der Waals surface area contributed by atoms with Gasteiger partial charge in [-0.25, -0.2) is 0 Å². The number of nitrogens with two attached hydrogens (primary N) is 1. The molecule has 3 nitrogen and oxygen atoms in total. The fraction of sp³-hybridized carbons (Fsp3) is 0.667. The number of nitrogen functional groups attached to an aromatic ring is 1. The molecule has 21 heavy (non-hydrogen) atoms. The summed E-state index contributed by atoms with van der Waals surface area (Å²) in [5.41, 5.74) is 8.36. The molecule has 3 heteroatoms. The number of hydrogen-bond donors (Lipinski definition) is 1. The van der Waals surface area contributed by atoms with Crippen LogP contribution in [0.25, 0.3) is 0 Å². The van der Waals surface area contributed by atoms with Crippen LogP contribution in [0.5, 0.6) is 0 Å². The maximum absolute atomic E-state index is 6.07. The van der Waals surface area contributed by atoms with Gasteiger partial charge in [-0.2, -0.15) is 0 Å². The monoisotopic (exact) mass is 288 g/mol. The molecule has 2 heterocycles. The van der Waals surface area contributed by atoms with Crippen LogP contribution in [0.1, 0.15) is 31.2 Å². The number of para-hydroxylation sites is 1. The minimum absolute atomic E-state index is 0.806. The Morgan fingerprint density at radius 2 is 1.71 bits per heavy atom. The van der Waals surface area contributed by atoms with Crippen LogP contribution in [-0.4, -0.2) is 37.7 Å². The van der Waals surface area contributed by atoms with Gasteiger partial charge in [0.1, 0.15) is 0 Å². The molecule has 116 valence electrons. The zero-order valence-corrected chi connectivity index (χ0v) is 13.0. The van der Waals surface area contributed by atoms with E-state index >= 15 is 0 Å². The molecule has 0 saturated carbocycles. The lowest BCUT2D eigenvalue weighted by Gasteiger charge is -2.35. The lowest BCUT2D eigenvalue weighted by molar-refractivity contribution is 0.0468. The molecular weight excluding hydrogens is 260 g/mol. The fourth-order valence-electron chi connectivity index (χ4n) is 3.70. The van der Waals surface area contributed by atoms with Gasteiger partial charge in [-0.1, -0.05) is 18.2 Å². The molecule has 2 aliphatic heterocycles. The number of benzene rings is 1. The molecule has 0 aliphatic carbocycles. The molecule has 0 spiro atoms. The summed E-state index contributed by atoms with van der Waals surface area (Å²) >= 11 is 0. The van der Waals surface area contributed by atoms with E-state index in [1.165, 1.54) is 50.9 Å². The average Bonchev–Trinajstić information content (AvgIpc) is 2.52. The molecule has 1 aromatic rings. The molecule has 2 fully saturated rings. The van der Waals surface area contributed by atoms with Gasteiger partial charge >= 0.3 is 0 Å². The van der Waals surface area contributed by atoms with Crippen LogP contribution in [-0.2, 0) is 11.2 Å². The van der Waals surface area contributed by atoms with Crippen molar-refractivity contribution in [2.75, 3.05) is 38.6 Å². The zero-order chi connectivity index (χ0) is 14.5. The smallest absolute Gasteiger partial charge is 0.0469 e. The molecule has 0 amide bonds. The lowest BCUT2D eigenvalue weighted by Crippen LogP contribution is -2.38. The summed E-state index contributed by atoms with van der Waals surface area (Å²) in [6.07, 6.45) is 6.29. The molecule has 2 aliphatic rings. The lowest BCUT2D eigenvalue weighted by atomic mass is 9.89. The molecule has 0 radical (unpaired) electrons. The third-order valence-corrected chi connectivity index (χ3v) is 5.13. The normalized spacial score (nSPS) is 22.5. The van der Waals surface area contributed by atoms with Gasteiger partial charge in [-0.05, 0) is 68.7 Å². The quantitative estimate of drug-likeness (QED) is 0.866. The molecule has 0 unspecified atom stereocenters. The van der Waals surface area contributed by atoms with Gasteiger partial charge in [0.15, 0.2) is 0 Å². The van der Waals surface area contributed by atoms with Crippen molar-refractivity contribution in [1.82, 2.24) is 4.90 Å². The summed E-state index contributed by atoms with van der Waals surface area (Å²) in [5, 5.41) is 0. The molecule has 1 aromatic carbocycles. The Labute approximate surface area is 128 Å². The second-order valence-electron chi connectivity index (χ2n) is 6.70. The van der Waals surface area contributed by atoms with Gasteiger partial charge in [0.25, 0.3) is 0 Å². The van der Waals surface area contributed by atoms with Gasteiger partial charge in [0.2, 0.25) is 0 Å². The van der Waals surface area contributed by atoms with Crippen LogP contribution < -0.4 is 5.73 Å². The SMILES string of the molecule is Nc1ccccc1CC1CCN(CC2CCOCC2)CC1. The minimum Gasteiger partial charge on any atom is -0.399 e. The van der Waals surface area contributed by atoms with Gasteiger partial charge in [0.05, 0.1) is 0 Å². The highest BCUT2D eigenvalue weighted by atomic mass is 16.5. The average molecular weight is 288 g/mol. The van der Waals surface area contributed by atoms with Crippen LogP contribution in [0.4, 0.5) is 5.69 Å². The summed E-state index contributed by atoms with van der Waals surface area (Å²) < 4.78 is 5.45. The zero-order valence-electron chi connectivity index (χ0n) is 13.0. The van der Waals surface area contributed by atoms with E-state index in [-0.39, 0.29) is 0 Å². The molecule has 2 N–H and O–H groups in total. The number of rotatable bonds is 4. The van der Waals surface area contributed by atoms with E-state index in [1.807, 2.05) is 12.1 Å². The Bertz CT molecular complexity index is 435. The summed E-state index contributed by atoms with van der Waals surface area (Å²) in [6, 6.07) is 8.33. The first-order valence-corrected chi connectivity index (χ1v) is 8.45. The maximum Gasteiger partial charge on any atom is 0.0469 e. The summed E-state index contributed by atoms with van der Waals surface area (Å²) in [7, 11) is 0. The first-order valence-electron chi connectivity index (χ1n) is 8.45.